The van der Waals surface area contributed by atoms with Crippen LogP contribution in [0.5, 0.6) is 0 Å². The van der Waals surface area contributed by atoms with Crippen LogP contribution in [0.15, 0.2) is 12.7 Å². The fourth-order valence-electron chi connectivity index (χ4n) is 0.562. The third kappa shape index (κ3) is 3.49. The number of carbonyl (C=O) groups is 1. The second-order valence-electron chi connectivity index (χ2n) is 2.22. The molecule has 0 aromatic carbocycles. The van der Waals surface area contributed by atoms with Gasteiger partial charge in [-0.05, 0) is 0 Å². The minimum absolute atomic E-state index is 0.121. The molecule has 0 spiro atoms. The predicted molar refractivity (Wildman–Crippen MR) is 44.2 cm³/mol. The summed E-state index contributed by atoms with van der Waals surface area (Å²) in [5.41, 5.74) is 0. The van der Waals surface area contributed by atoms with Crippen LogP contribution in [0, 0.1) is 0 Å². The van der Waals surface area contributed by atoms with Crippen molar-refractivity contribution in [1.82, 2.24) is 4.31 Å². The van der Waals surface area contributed by atoms with E-state index in [9.17, 15) is 13.2 Å². The molecule has 6 heteroatoms. The fraction of sp³-hybridized carbons (Fsp3) is 0.500. The lowest BCUT2D eigenvalue weighted by molar-refractivity contribution is -0.134. The maximum Gasteiger partial charge on any atom is 0.320 e. The van der Waals surface area contributed by atoms with Gasteiger partial charge < -0.3 is 5.11 Å². The number of sulfonamides is 1. The minimum atomic E-state index is -3.66. The van der Waals surface area contributed by atoms with E-state index in [1.54, 1.807) is 0 Å². The van der Waals surface area contributed by atoms with E-state index in [2.05, 4.69) is 6.58 Å². The highest BCUT2D eigenvalue weighted by Gasteiger charge is 2.19. The SMILES string of the molecule is C=CCN(C)S(=O)(=O)CC(=O)O. The summed E-state index contributed by atoms with van der Waals surface area (Å²) in [4.78, 5) is 10.1. The van der Waals surface area contributed by atoms with Gasteiger partial charge in [-0.1, -0.05) is 6.08 Å². The Bertz CT molecular complexity index is 269. The summed E-state index contributed by atoms with van der Waals surface area (Å²) < 4.78 is 23.0. The van der Waals surface area contributed by atoms with Gasteiger partial charge in [0.1, 0.15) is 0 Å². The van der Waals surface area contributed by atoms with Crippen LogP contribution >= 0.6 is 0 Å². The molecule has 0 heterocycles. The van der Waals surface area contributed by atoms with E-state index >= 15 is 0 Å². The van der Waals surface area contributed by atoms with Crippen molar-refractivity contribution in [3.8, 4) is 0 Å². The van der Waals surface area contributed by atoms with E-state index in [0.717, 1.165) is 4.31 Å². The van der Waals surface area contributed by atoms with Gasteiger partial charge in [0.25, 0.3) is 0 Å². The van der Waals surface area contributed by atoms with Gasteiger partial charge in [-0.25, -0.2) is 12.7 Å². The van der Waals surface area contributed by atoms with Crippen LogP contribution in [-0.2, 0) is 14.8 Å². The number of carboxylic acid groups (broad SMARTS) is 1. The van der Waals surface area contributed by atoms with Gasteiger partial charge in [-0.2, -0.15) is 0 Å². The first-order valence-electron chi connectivity index (χ1n) is 3.17. The summed E-state index contributed by atoms with van der Waals surface area (Å²) >= 11 is 0. The Labute approximate surface area is 71.4 Å². The van der Waals surface area contributed by atoms with Crippen molar-refractivity contribution in [2.75, 3.05) is 19.3 Å². The molecule has 0 aromatic heterocycles. The van der Waals surface area contributed by atoms with Crippen molar-refractivity contribution in [2.24, 2.45) is 0 Å². The molecule has 0 aliphatic rings. The number of hydrogen-bond donors (Lipinski definition) is 1. The lowest BCUT2D eigenvalue weighted by atomic mass is 10.6. The molecule has 0 unspecified atom stereocenters. The van der Waals surface area contributed by atoms with E-state index < -0.39 is 21.7 Å². The van der Waals surface area contributed by atoms with Gasteiger partial charge in [0.2, 0.25) is 10.0 Å². The van der Waals surface area contributed by atoms with E-state index in [0.29, 0.717) is 0 Å². The van der Waals surface area contributed by atoms with Gasteiger partial charge in [0.05, 0.1) is 0 Å². The first kappa shape index (κ1) is 11.1. The fourth-order valence-corrected chi connectivity index (χ4v) is 1.43. The second kappa shape index (κ2) is 4.22. The Hall–Kier alpha value is -0.880. The molecule has 0 bridgehead atoms. The van der Waals surface area contributed by atoms with Crippen LogP contribution in [0.4, 0.5) is 0 Å². The number of likely N-dealkylation sites (N-methyl/N-ethyl adjacent to an activating group) is 1. The normalized spacial score (nSPS) is 11.5. The van der Waals surface area contributed by atoms with Gasteiger partial charge in [0, 0.05) is 13.6 Å². The molecule has 0 saturated heterocycles. The molecule has 70 valence electrons. The van der Waals surface area contributed by atoms with E-state index in [-0.39, 0.29) is 6.54 Å². The maximum atomic E-state index is 11.0. The van der Waals surface area contributed by atoms with Crippen LogP contribution in [0.1, 0.15) is 0 Å². The molecular weight excluding hydrogens is 182 g/mol. The predicted octanol–water partition coefficient (Wildman–Crippen LogP) is -0.481. The minimum Gasteiger partial charge on any atom is -0.480 e. The van der Waals surface area contributed by atoms with Crippen LogP contribution in [0.2, 0.25) is 0 Å². The highest BCUT2D eigenvalue weighted by molar-refractivity contribution is 7.89. The van der Waals surface area contributed by atoms with Crippen molar-refractivity contribution in [2.45, 2.75) is 0 Å². The highest BCUT2D eigenvalue weighted by Crippen LogP contribution is 1.96. The Morgan fingerprint density at radius 3 is 2.50 bits per heavy atom. The van der Waals surface area contributed by atoms with Crippen LogP contribution in [0.3, 0.4) is 0 Å². The zero-order valence-electron chi connectivity index (χ0n) is 6.73. The number of nitrogens with zero attached hydrogens (tertiary/aromatic N) is 1. The van der Waals surface area contributed by atoms with Crippen molar-refractivity contribution in [1.29, 1.82) is 0 Å². The quantitative estimate of drug-likeness (QED) is 0.598. The second-order valence-corrected chi connectivity index (χ2v) is 4.29. The van der Waals surface area contributed by atoms with Crippen molar-refractivity contribution in [3.05, 3.63) is 12.7 Å². The Kier molecular flexibility index (Phi) is 3.91. The van der Waals surface area contributed by atoms with Crippen LogP contribution in [-0.4, -0.2) is 43.1 Å². The van der Waals surface area contributed by atoms with Crippen molar-refractivity contribution < 1.29 is 18.3 Å². The number of rotatable bonds is 5. The zero-order chi connectivity index (χ0) is 9.78. The summed E-state index contributed by atoms with van der Waals surface area (Å²) in [6, 6.07) is 0. The molecule has 0 atom stereocenters. The summed E-state index contributed by atoms with van der Waals surface area (Å²) in [5, 5.41) is 8.23. The average molecular weight is 193 g/mol. The summed E-state index contributed by atoms with van der Waals surface area (Å²) in [6.45, 7) is 3.46. The summed E-state index contributed by atoms with van der Waals surface area (Å²) in [5.74, 6) is -2.23. The first-order chi connectivity index (χ1) is 5.40. The largest absolute Gasteiger partial charge is 0.480 e. The molecule has 0 saturated carbocycles. The molecule has 12 heavy (non-hydrogen) atoms. The molecule has 0 aliphatic carbocycles. The first-order valence-corrected chi connectivity index (χ1v) is 4.77. The Morgan fingerprint density at radius 2 is 2.17 bits per heavy atom. The standard InChI is InChI=1S/C6H11NO4S/c1-3-4-7(2)12(10,11)5-6(8)9/h3H,1,4-5H2,2H3,(H,8,9). The molecule has 0 rings (SSSR count). The highest BCUT2D eigenvalue weighted by atomic mass is 32.2. The molecular formula is C6H11NO4S. The molecule has 0 radical (unpaired) electrons. The van der Waals surface area contributed by atoms with Crippen LogP contribution in [0.25, 0.3) is 0 Å². The molecule has 0 aromatic rings. The number of hydrogen-bond acceptors (Lipinski definition) is 3. The molecule has 0 aliphatic heterocycles. The third-order valence-electron chi connectivity index (χ3n) is 1.17. The number of carboxylic acids is 1. The molecule has 0 fully saturated rings. The van der Waals surface area contributed by atoms with E-state index in [1.165, 1.54) is 13.1 Å². The third-order valence-corrected chi connectivity index (χ3v) is 2.88. The summed E-state index contributed by atoms with van der Waals surface area (Å²) in [6.07, 6.45) is 1.39. The summed E-state index contributed by atoms with van der Waals surface area (Å²) in [7, 11) is -2.35. The molecule has 0 amide bonds. The van der Waals surface area contributed by atoms with Gasteiger partial charge in [-0.15, -0.1) is 6.58 Å². The Balaban J connectivity index is 4.40. The zero-order valence-corrected chi connectivity index (χ0v) is 7.54. The smallest absolute Gasteiger partial charge is 0.320 e. The average Bonchev–Trinajstić information content (AvgIpc) is 1.85. The van der Waals surface area contributed by atoms with Crippen LogP contribution < -0.4 is 0 Å². The number of aliphatic carboxylic acids is 1. The van der Waals surface area contributed by atoms with Crippen molar-refractivity contribution in [3.63, 3.8) is 0 Å². The maximum absolute atomic E-state index is 11.0. The lowest BCUT2D eigenvalue weighted by Gasteiger charge is -2.12. The lowest BCUT2D eigenvalue weighted by Crippen LogP contribution is -2.32. The van der Waals surface area contributed by atoms with E-state index in [4.69, 9.17) is 5.11 Å². The molecule has 1 N–H and O–H groups in total. The van der Waals surface area contributed by atoms with Gasteiger partial charge in [0.15, 0.2) is 5.75 Å². The Morgan fingerprint density at radius 1 is 1.67 bits per heavy atom. The topological polar surface area (TPSA) is 74.7 Å². The van der Waals surface area contributed by atoms with Gasteiger partial charge in [-0.3, -0.25) is 4.79 Å². The van der Waals surface area contributed by atoms with Gasteiger partial charge >= 0.3 is 5.97 Å². The van der Waals surface area contributed by atoms with E-state index in [1.807, 2.05) is 0 Å². The monoisotopic (exact) mass is 193 g/mol. The molecule has 5 nitrogen and oxygen atoms in total. The van der Waals surface area contributed by atoms with Crippen molar-refractivity contribution >= 4 is 16.0 Å².